The van der Waals surface area contributed by atoms with E-state index in [1.807, 2.05) is 0 Å². The summed E-state index contributed by atoms with van der Waals surface area (Å²) in [5.41, 5.74) is 5.01. The van der Waals surface area contributed by atoms with E-state index in [9.17, 15) is 0 Å². The molecule has 0 N–H and O–H groups in total. The molecule has 1 unspecified atom stereocenters. The van der Waals surface area contributed by atoms with E-state index in [0.29, 0.717) is 0 Å². The molecular weight excluding hydrogens is 323 g/mol. The Balaban J connectivity index is 0.000000845. The minimum Gasteiger partial charge on any atom is -0.0690 e. The van der Waals surface area contributed by atoms with Crippen LogP contribution >= 0.6 is 0 Å². The summed E-state index contributed by atoms with van der Waals surface area (Å²) in [6.07, 6.45) is 9.34. The van der Waals surface area contributed by atoms with Crippen LogP contribution in [-0.4, -0.2) is 0 Å². The van der Waals surface area contributed by atoms with Gasteiger partial charge in [0.05, 0.1) is 0 Å². The monoisotopic (exact) mass is 342 g/mol. The average molecular weight is 341 g/mol. The second-order valence-electron chi connectivity index (χ2n) is 4.37. The van der Waals surface area contributed by atoms with Crippen molar-refractivity contribution in [1.29, 1.82) is 0 Å². The van der Waals surface area contributed by atoms with E-state index in [1.54, 1.807) is 16.7 Å². The van der Waals surface area contributed by atoms with Gasteiger partial charge in [0.15, 0.2) is 0 Å². The minimum atomic E-state index is 0. The fourth-order valence-corrected chi connectivity index (χ4v) is 2.53. The number of allylic oxidation sites excluding steroid dienone is 4. The fraction of sp³-hybridized carbons (Fsp3) is 0.667. The van der Waals surface area contributed by atoms with Gasteiger partial charge < -0.3 is 0 Å². The fourth-order valence-electron chi connectivity index (χ4n) is 2.53. The average Bonchev–Trinajstić information content (AvgIpc) is 2.33. The molecule has 2 aliphatic carbocycles. The van der Waals surface area contributed by atoms with E-state index < -0.39 is 0 Å². The van der Waals surface area contributed by atoms with Crippen molar-refractivity contribution < 1.29 is 25.8 Å². The normalized spacial score (nSPS) is 27.5. The van der Waals surface area contributed by atoms with Crippen molar-refractivity contribution in [3.05, 3.63) is 22.8 Å². The molecule has 1 atom stereocenters. The topological polar surface area (TPSA) is 0 Å². The third kappa shape index (κ3) is 2.43. The van der Waals surface area contributed by atoms with Crippen molar-refractivity contribution in [1.82, 2.24) is 0 Å². The molecule has 0 aromatic carbocycles. The van der Waals surface area contributed by atoms with Crippen LogP contribution in [0, 0.1) is 5.92 Å². The van der Waals surface area contributed by atoms with E-state index in [0.717, 1.165) is 5.92 Å². The minimum absolute atomic E-state index is 0. The summed E-state index contributed by atoms with van der Waals surface area (Å²) in [5, 5.41) is 0. The standard InChI is InChI=1S/C12H18.Hf/c1-9-7-11-6-4-3-5-10(2)12(11)8-9;/h8,10H,3-7H2,1-2H3;. The van der Waals surface area contributed by atoms with Crippen LogP contribution in [0.4, 0.5) is 0 Å². The van der Waals surface area contributed by atoms with Gasteiger partial charge in [0.25, 0.3) is 0 Å². The Labute approximate surface area is 100 Å². The molecule has 2 aliphatic rings. The van der Waals surface area contributed by atoms with Crippen molar-refractivity contribution in [2.24, 2.45) is 5.92 Å². The van der Waals surface area contributed by atoms with Gasteiger partial charge in [-0.25, -0.2) is 0 Å². The third-order valence-corrected chi connectivity index (χ3v) is 3.20. The molecule has 0 nitrogen and oxygen atoms in total. The Morgan fingerprint density at radius 1 is 1.31 bits per heavy atom. The number of hydrogen-bond acceptors (Lipinski definition) is 0. The summed E-state index contributed by atoms with van der Waals surface area (Å²) in [5.74, 6) is 0.833. The maximum Gasteiger partial charge on any atom is 0 e. The molecule has 0 heterocycles. The zero-order valence-electron chi connectivity index (χ0n) is 8.69. The second kappa shape index (κ2) is 4.72. The van der Waals surface area contributed by atoms with E-state index in [1.165, 1.54) is 32.1 Å². The zero-order chi connectivity index (χ0) is 8.55. The maximum absolute atomic E-state index is 2.44. The SMILES string of the molecule is CC1=CC2=C(CCCCC2C)C1.[Hf]. The molecule has 0 saturated carbocycles. The summed E-state index contributed by atoms with van der Waals surface area (Å²) in [7, 11) is 0. The molecule has 0 radical (unpaired) electrons. The van der Waals surface area contributed by atoms with Gasteiger partial charge in [-0.05, 0) is 44.1 Å². The van der Waals surface area contributed by atoms with Crippen LogP contribution in [0.25, 0.3) is 0 Å². The first kappa shape index (κ1) is 11.4. The maximum atomic E-state index is 2.44. The van der Waals surface area contributed by atoms with Gasteiger partial charge in [0.2, 0.25) is 0 Å². The summed E-state index contributed by atoms with van der Waals surface area (Å²) in [6, 6.07) is 0. The Morgan fingerprint density at radius 3 is 2.85 bits per heavy atom. The molecule has 0 fully saturated rings. The Hall–Kier alpha value is 0.350. The quantitative estimate of drug-likeness (QED) is 0.588. The zero-order valence-corrected chi connectivity index (χ0v) is 12.3. The van der Waals surface area contributed by atoms with Gasteiger partial charge in [-0.15, -0.1) is 0 Å². The Morgan fingerprint density at radius 2 is 2.08 bits per heavy atom. The van der Waals surface area contributed by atoms with Crippen molar-refractivity contribution >= 4 is 0 Å². The predicted molar refractivity (Wildman–Crippen MR) is 53.0 cm³/mol. The van der Waals surface area contributed by atoms with E-state index >= 15 is 0 Å². The molecule has 13 heavy (non-hydrogen) atoms. The third-order valence-electron chi connectivity index (χ3n) is 3.20. The van der Waals surface area contributed by atoms with Crippen molar-refractivity contribution in [2.45, 2.75) is 46.0 Å². The molecule has 2 rings (SSSR count). The predicted octanol–water partition coefficient (Wildman–Crippen LogP) is 3.84. The second-order valence-corrected chi connectivity index (χ2v) is 4.37. The first-order valence-corrected chi connectivity index (χ1v) is 5.16. The summed E-state index contributed by atoms with van der Waals surface area (Å²) < 4.78 is 0. The summed E-state index contributed by atoms with van der Waals surface area (Å²) in [4.78, 5) is 0. The largest absolute Gasteiger partial charge is 0.0690 e. The molecule has 0 bridgehead atoms. The van der Waals surface area contributed by atoms with Crippen LogP contribution in [0.5, 0.6) is 0 Å². The molecule has 0 spiro atoms. The van der Waals surface area contributed by atoms with Crippen molar-refractivity contribution in [2.75, 3.05) is 0 Å². The Bertz CT molecular complexity index is 248. The van der Waals surface area contributed by atoms with Crippen LogP contribution in [-0.2, 0) is 25.8 Å². The van der Waals surface area contributed by atoms with Crippen LogP contribution in [0.3, 0.4) is 0 Å². The van der Waals surface area contributed by atoms with Gasteiger partial charge in [-0.3, -0.25) is 0 Å². The van der Waals surface area contributed by atoms with Crippen molar-refractivity contribution in [3.8, 4) is 0 Å². The molecule has 0 amide bonds. The van der Waals surface area contributed by atoms with Crippen LogP contribution in [0.1, 0.15) is 46.0 Å². The van der Waals surface area contributed by atoms with Gasteiger partial charge in [0, 0.05) is 25.8 Å². The first-order valence-electron chi connectivity index (χ1n) is 5.16. The number of hydrogen-bond donors (Lipinski definition) is 0. The van der Waals surface area contributed by atoms with Crippen LogP contribution in [0.15, 0.2) is 22.8 Å². The molecule has 0 aromatic rings. The van der Waals surface area contributed by atoms with Gasteiger partial charge in [-0.1, -0.05) is 30.6 Å². The van der Waals surface area contributed by atoms with Crippen molar-refractivity contribution in [3.63, 3.8) is 0 Å². The Kier molecular flexibility index (Phi) is 4.15. The van der Waals surface area contributed by atoms with Gasteiger partial charge in [0.1, 0.15) is 0 Å². The van der Waals surface area contributed by atoms with E-state index in [-0.39, 0.29) is 25.8 Å². The molecule has 0 saturated heterocycles. The molecule has 0 aliphatic heterocycles. The molecule has 0 aromatic heterocycles. The van der Waals surface area contributed by atoms with E-state index in [4.69, 9.17) is 0 Å². The van der Waals surface area contributed by atoms with Gasteiger partial charge in [-0.2, -0.15) is 0 Å². The molecule has 70 valence electrons. The summed E-state index contributed by atoms with van der Waals surface area (Å²) >= 11 is 0. The van der Waals surface area contributed by atoms with E-state index in [2.05, 4.69) is 19.9 Å². The van der Waals surface area contributed by atoms with Crippen LogP contribution in [0.2, 0.25) is 0 Å². The summed E-state index contributed by atoms with van der Waals surface area (Å²) in [6.45, 7) is 4.65. The smallest absolute Gasteiger partial charge is 0 e. The molecule has 1 heteroatoms. The van der Waals surface area contributed by atoms with Crippen LogP contribution < -0.4 is 0 Å². The first-order chi connectivity index (χ1) is 5.77. The number of rotatable bonds is 0. The van der Waals surface area contributed by atoms with Gasteiger partial charge >= 0.3 is 0 Å². The molecular formula is C12H18Hf.